The van der Waals surface area contributed by atoms with Crippen LogP contribution in [0.2, 0.25) is 5.02 Å². The molecule has 1 aliphatic carbocycles. The molecule has 0 saturated heterocycles. The summed E-state index contributed by atoms with van der Waals surface area (Å²) in [5, 5.41) is 9.83. The van der Waals surface area contributed by atoms with E-state index in [4.69, 9.17) is 11.6 Å². The SMILES string of the molecule is Cc1c(C#N)c(Cl)c(-c2ccccc2)n1C1CC1. The van der Waals surface area contributed by atoms with Crippen molar-refractivity contribution in [2.45, 2.75) is 25.8 Å². The number of benzene rings is 1. The molecule has 1 saturated carbocycles. The summed E-state index contributed by atoms with van der Waals surface area (Å²) < 4.78 is 2.23. The van der Waals surface area contributed by atoms with Crippen LogP contribution in [0, 0.1) is 18.3 Å². The third kappa shape index (κ3) is 1.63. The topological polar surface area (TPSA) is 28.7 Å². The molecule has 2 aromatic rings. The van der Waals surface area contributed by atoms with E-state index in [1.54, 1.807) is 0 Å². The Balaban J connectivity index is 2.28. The highest BCUT2D eigenvalue weighted by atomic mass is 35.5. The lowest BCUT2D eigenvalue weighted by atomic mass is 10.1. The molecule has 90 valence electrons. The summed E-state index contributed by atoms with van der Waals surface area (Å²) in [5.74, 6) is 0. The Morgan fingerprint density at radius 2 is 1.94 bits per heavy atom. The minimum atomic E-state index is 0.514. The summed E-state index contributed by atoms with van der Waals surface area (Å²) in [6.45, 7) is 1.98. The van der Waals surface area contributed by atoms with Gasteiger partial charge in [-0.1, -0.05) is 41.9 Å². The number of rotatable bonds is 2. The summed E-state index contributed by atoms with van der Waals surface area (Å²) in [6.07, 6.45) is 2.35. The van der Waals surface area contributed by atoms with Gasteiger partial charge in [-0.25, -0.2) is 0 Å². The molecule has 0 spiro atoms. The fourth-order valence-electron chi connectivity index (χ4n) is 2.45. The van der Waals surface area contributed by atoms with E-state index in [0.29, 0.717) is 16.6 Å². The van der Waals surface area contributed by atoms with Gasteiger partial charge in [0.1, 0.15) is 6.07 Å². The van der Waals surface area contributed by atoms with Crippen LogP contribution in [0.5, 0.6) is 0 Å². The van der Waals surface area contributed by atoms with Crippen LogP contribution in [0.4, 0.5) is 0 Å². The smallest absolute Gasteiger partial charge is 0.103 e. The van der Waals surface area contributed by atoms with Crippen LogP contribution in [0.1, 0.15) is 30.1 Å². The van der Waals surface area contributed by atoms with Crippen molar-refractivity contribution in [1.82, 2.24) is 4.57 Å². The monoisotopic (exact) mass is 256 g/mol. The van der Waals surface area contributed by atoms with Crippen LogP contribution >= 0.6 is 11.6 Å². The Kier molecular flexibility index (Phi) is 2.65. The van der Waals surface area contributed by atoms with E-state index in [-0.39, 0.29) is 0 Å². The maximum absolute atomic E-state index is 9.24. The van der Waals surface area contributed by atoms with Gasteiger partial charge in [0, 0.05) is 11.7 Å². The second-order valence-corrected chi connectivity index (χ2v) is 5.08. The average Bonchev–Trinajstić information content (AvgIpc) is 3.18. The second kappa shape index (κ2) is 4.19. The first-order chi connectivity index (χ1) is 8.74. The van der Waals surface area contributed by atoms with Gasteiger partial charge in [-0.15, -0.1) is 0 Å². The quantitative estimate of drug-likeness (QED) is 0.786. The molecule has 1 heterocycles. The molecule has 2 nitrogen and oxygen atoms in total. The van der Waals surface area contributed by atoms with Gasteiger partial charge in [0.25, 0.3) is 0 Å². The first-order valence-corrected chi connectivity index (χ1v) is 6.47. The van der Waals surface area contributed by atoms with E-state index in [1.165, 1.54) is 12.8 Å². The van der Waals surface area contributed by atoms with E-state index in [1.807, 2.05) is 37.3 Å². The zero-order chi connectivity index (χ0) is 12.7. The van der Waals surface area contributed by atoms with Gasteiger partial charge in [-0.05, 0) is 25.3 Å². The Bertz CT molecular complexity index is 631. The van der Waals surface area contributed by atoms with Crippen LogP contribution < -0.4 is 0 Å². The molecule has 18 heavy (non-hydrogen) atoms. The van der Waals surface area contributed by atoms with Crippen molar-refractivity contribution in [3.05, 3.63) is 46.6 Å². The molecule has 0 atom stereocenters. The van der Waals surface area contributed by atoms with Crippen LogP contribution in [-0.4, -0.2) is 4.57 Å². The number of hydrogen-bond acceptors (Lipinski definition) is 1. The standard InChI is InChI=1S/C15H13ClN2/c1-10-13(9-17)14(16)15(18(10)12-7-8-12)11-5-3-2-4-6-11/h2-6,12H,7-8H2,1H3. The summed E-state index contributed by atoms with van der Waals surface area (Å²) >= 11 is 6.40. The molecule has 0 bridgehead atoms. The van der Waals surface area contributed by atoms with Crippen LogP contribution in [-0.2, 0) is 0 Å². The molecule has 1 aromatic carbocycles. The molecule has 0 N–H and O–H groups in total. The largest absolute Gasteiger partial charge is 0.339 e. The molecule has 3 rings (SSSR count). The normalized spacial score (nSPS) is 14.5. The van der Waals surface area contributed by atoms with Gasteiger partial charge in [0.2, 0.25) is 0 Å². The van der Waals surface area contributed by atoms with Gasteiger partial charge in [0.15, 0.2) is 0 Å². The molecule has 1 aliphatic rings. The molecule has 1 fully saturated rings. The van der Waals surface area contributed by atoms with Crippen molar-refractivity contribution in [3.8, 4) is 17.3 Å². The predicted molar refractivity (Wildman–Crippen MR) is 72.6 cm³/mol. The molecular formula is C15H13ClN2. The lowest BCUT2D eigenvalue weighted by Gasteiger charge is -2.10. The summed E-state index contributed by atoms with van der Waals surface area (Å²) in [6, 6.07) is 12.8. The summed E-state index contributed by atoms with van der Waals surface area (Å²) in [7, 11) is 0. The second-order valence-electron chi connectivity index (χ2n) is 4.70. The molecular weight excluding hydrogens is 244 g/mol. The molecule has 0 amide bonds. The number of hydrogen-bond donors (Lipinski definition) is 0. The van der Waals surface area contributed by atoms with Gasteiger partial charge in [0.05, 0.1) is 16.3 Å². The van der Waals surface area contributed by atoms with E-state index < -0.39 is 0 Å². The number of aromatic nitrogens is 1. The fraction of sp³-hybridized carbons (Fsp3) is 0.267. The van der Waals surface area contributed by atoms with Crippen molar-refractivity contribution in [3.63, 3.8) is 0 Å². The van der Waals surface area contributed by atoms with Gasteiger partial charge in [-0.3, -0.25) is 0 Å². The van der Waals surface area contributed by atoms with Crippen LogP contribution in [0.25, 0.3) is 11.3 Å². The number of halogens is 1. The van der Waals surface area contributed by atoms with Gasteiger partial charge >= 0.3 is 0 Å². The van der Waals surface area contributed by atoms with Crippen LogP contribution in [0.15, 0.2) is 30.3 Å². The van der Waals surface area contributed by atoms with Crippen molar-refractivity contribution >= 4 is 11.6 Å². The lowest BCUT2D eigenvalue weighted by molar-refractivity contribution is 0.729. The number of nitriles is 1. The highest BCUT2D eigenvalue weighted by Crippen LogP contribution is 2.45. The van der Waals surface area contributed by atoms with Crippen molar-refractivity contribution in [1.29, 1.82) is 5.26 Å². The summed E-state index contributed by atoms with van der Waals surface area (Å²) in [5.41, 5.74) is 3.68. The van der Waals surface area contributed by atoms with E-state index in [2.05, 4.69) is 10.6 Å². The maximum atomic E-state index is 9.24. The lowest BCUT2D eigenvalue weighted by Crippen LogP contribution is -1.99. The average molecular weight is 257 g/mol. The molecule has 0 aliphatic heterocycles. The first kappa shape index (κ1) is 11.4. The maximum Gasteiger partial charge on any atom is 0.103 e. The Hall–Kier alpha value is -1.72. The van der Waals surface area contributed by atoms with E-state index in [0.717, 1.165) is 17.0 Å². The first-order valence-electron chi connectivity index (χ1n) is 6.10. The Morgan fingerprint density at radius 3 is 2.50 bits per heavy atom. The van der Waals surface area contributed by atoms with Gasteiger partial charge < -0.3 is 4.57 Å². The minimum absolute atomic E-state index is 0.514. The van der Waals surface area contributed by atoms with Crippen molar-refractivity contribution < 1.29 is 0 Å². The fourth-order valence-corrected chi connectivity index (χ4v) is 2.83. The highest BCUT2D eigenvalue weighted by Gasteiger charge is 2.31. The van der Waals surface area contributed by atoms with E-state index in [9.17, 15) is 5.26 Å². The molecule has 3 heteroatoms. The molecule has 0 unspecified atom stereocenters. The molecule has 1 aromatic heterocycles. The van der Waals surface area contributed by atoms with Gasteiger partial charge in [-0.2, -0.15) is 5.26 Å². The number of nitrogens with zero attached hydrogens (tertiary/aromatic N) is 2. The highest BCUT2D eigenvalue weighted by molar-refractivity contribution is 6.34. The van der Waals surface area contributed by atoms with Crippen molar-refractivity contribution in [2.75, 3.05) is 0 Å². The minimum Gasteiger partial charge on any atom is -0.339 e. The Morgan fingerprint density at radius 1 is 1.28 bits per heavy atom. The zero-order valence-corrected chi connectivity index (χ0v) is 10.9. The van der Waals surface area contributed by atoms with Crippen LogP contribution in [0.3, 0.4) is 0 Å². The third-order valence-electron chi connectivity index (χ3n) is 3.46. The molecule has 0 radical (unpaired) electrons. The van der Waals surface area contributed by atoms with E-state index >= 15 is 0 Å². The third-order valence-corrected chi connectivity index (χ3v) is 3.83. The van der Waals surface area contributed by atoms with Crippen molar-refractivity contribution in [2.24, 2.45) is 0 Å². The zero-order valence-electron chi connectivity index (χ0n) is 10.2. The predicted octanol–water partition coefficient (Wildman–Crippen LogP) is 4.32. The summed E-state index contributed by atoms with van der Waals surface area (Å²) in [4.78, 5) is 0. The Labute approximate surface area is 111 Å².